The van der Waals surface area contributed by atoms with Gasteiger partial charge in [0.1, 0.15) is 11.6 Å². The van der Waals surface area contributed by atoms with E-state index in [9.17, 15) is 14.9 Å². The molecule has 0 radical (unpaired) electrons. The standard InChI is InChI=1S/C29H30N4O3/c1-20-10-11-23(29(35)36-4)18-27(20)33-21(2)16-24(22(33)3)17-25(19-30)28(34)32-14-12-31(13-15-32)26-8-6-5-7-9-26/h5-11,16-18H,12-15H2,1-4H3/b25-17+. The third-order valence-corrected chi connectivity index (χ3v) is 6.68. The van der Waals surface area contributed by atoms with Crippen LogP contribution < -0.4 is 4.90 Å². The predicted molar refractivity (Wildman–Crippen MR) is 140 cm³/mol. The van der Waals surface area contributed by atoms with Crippen molar-refractivity contribution in [1.29, 1.82) is 5.26 Å². The maximum absolute atomic E-state index is 13.2. The largest absolute Gasteiger partial charge is 0.465 e. The van der Waals surface area contributed by atoms with Gasteiger partial charge in [-0.25, -0.2) is 4.79 Å². The highest BCUT2D eigenvalue weighted by Gasteiger charge is 2.24. The van der Waals surface area contributed by atoms with Crippen LogP contribution in [0.4, 0.5) is 5.69 Å². The molecule has 0 unspecified atom stereocenters. The number of ether oxygens (including phenoxy) is 1. The Morgan fingerprint density at radius 3 is 2.31 bits per heavy atom. The molecule has 1 aromatic heterocycles. The van der Waals surface area contributed by atoms with Gasteiger partial charge in [0.05, 0.1) is 12.7 Å². The minimum atomic E-state index is -0.399. The molecule has 7 heteroatoms. The number of rotatable bonds is 5. The Hall–Kier alpha value is -4.31. The zero-order valence-electron chi connectivity index (χ0n) is 21.1. The van der Waals surface area contributed by atoms with Crippen LogP contribution in [0.25, 0.3) is 11.8 Å². The molecule has 0 spiro atoms. The number of nitrogens with zero attached hydrogens (tertiary/aromatic N) is 4. The molecule has 0 saturated carbocycles. The number of methoxy groups -OCH3 is 1. The SMILES string of the molecule is COC(=O)c1ccc(C)c(-n2c(C)cc(/C=C(\C#N)C(=O)N3CCN(c4ccccc4)CC3)c2C)c1. The lowest BCUT2D eigenvalue weighted by Gasteiger charge is -2.36. The monoisotopic (exact) mass is 482 g/mol. The van der Waals surface area contributed by atoms with E-state index >= 15 is 0 Å². The number of piperazine rings is 1. The molecule has 36 heavy (non-hydrogen) atoms. The maximum Gasteiger partial charge on any atom is 0.337 e. The summed E-state index contributed by atoms with van der Waals surface area (Å²) in [5.41, 5.74) is 6.18. The van der Waals surface area contributed by atoms with Crippen molar-refractivity contribution in [1.82, 2.24) is 9.47 Å². The number of nitriles is 1. The maximum atomic E-state index is 13.2. The molecule has 1 aliphatic heterocycles. The molecule has 2 heterocycles. The first-order valence-corrected chi connectivity index (χ1v) is 11.9. The summed E-state index contributed by atoms with van der Waals surface area (Å²) in [6.07, 6.45) is 1.67. The minimum Gasteiger partial charge on any atom is -0.465 e. The minimum absolute atomic E-state index is 0.114. The summed E-state index contributed by atoms with van der Waals surface area (Å²) in [5.74, 6) is -0.651. The highest BCUT2D eigenvalue weighted by molar-refractivity contribution is 6.02. The van der Waals surface area contributed by atoms with E-state index in [0.29, 0.717) is 18.7 Å². The van der Waals surface area contributed by atoms with Gasteiger partial charge in [0, 0.05) is 48.9 Å². The van der Waals surface area contributed by atoms with Crippen LogP contribution in [0.1, 0.15) is 32.9 Å². The lowest BCUT2D eigenvalue weighted by molar-refractivity contribution is -0.126. The third kappa shape index (κ3) is 4.89. The summed E-state index contributed by atoms with van der Waals surface area (Å²) in [5, 5.41) is 9.84. The summed E-state index contributed by atoms with van der Waals surface area (Å²) < 4.78 is 6.91. The average molecular weight is 483 g/mol. The summed E-state index contributed by atoms with van der Waals surface area (Å²) in [6.45, 7) is 8.45. The number of hydrogen-bond donors (Lipinski definition) is 0. The molecular weight excluding hydrogens is 452 g/mol. The van der Waals surface area contributed by atoms with E-state index in [4.69, 9.17) is 4.74 Å². The van der Waals surface area contributed by atoms with Gasteiger partial charge in [-0.15, -0.1) is 0 Å². The van der Waals surface area contributed by atoms with Crippen LogP contribution in [0, 0.1) is 32.1 Å². The Bertz CT molecular complexity index is 1360. The summed E-state index contributed by atoms with van der Waals surface area (Å²) in [6, 6.07) is 19.6. The van der Waals surface area contributed by atoms with Crippen molar-refractivity contribution in [2.24, 2.45) is 0 Å². The van der Waals surface area contributed by atoms with Gasteiger partial charge < -0.3 is 19.1 Å². The Morgan fingerprint density at radius 1 is 0.972 bits per heavy atom. The molecule has 184 valence electrons. The fraction of sp³-hybridized carbons (Fsp3) is 0.276. The highest BCUT2D eigenvalue weighted by Crippen LogP contribution is 2.26. The van der Waals surface area contributed by atoms with Gasteiger partial charge in [-0.3, -0.25) is 4.79 Å². The lowest BCUT2D eigenvalue weighted by atomic mass is 10.1. The number of benzene rings is 2. The van der Waals surface area contributed by atoms with Crippen LogP contribution in [-0.4, -0.2) is 54.6 Å². The Balaban J connectivity index is 1.58. The van der Waals surface area contributed by atoms with Crippen molar-refractivity contribution in [3.05, 3.63) is 88.2 Å². The fourth-order valence-electron chi connectivity index (χ4n) is 4.67. The van der Waals surface area contributed by atoms with Gasteiger partial charge in [0.25, 0.3) is 5.91 Å². The number of para-hydroxylation sites is 1. The van der Waals surface area contributed by atoms with Crippen molar-refractivity contribution < 1.29 is 14.3 Å². The molecule has 0 aliphatic carbocycles. The molecule has 0 atom stereocenters. The quantitative estimate of drug-likeness (QED) is 0.305. The summed E-state index contributed by atoms with van der Waals surface area (Å²) in [7, 11) is 1.36. The van der Waals surface area contributed by atoms with Crippen LogP contribution in [-0.2, 0) is 9.53 Å². The topological polar surface area (TPSA) is 78.6 Å². The number of esters is 1. The molecule has 2 aromatic carbocycles. The van der Waals surface area contributed by atoms with Crippen molar-refractivity contribution in [3.8, 4) is 11.8 Å². The number of carbonyl (C=O) groups is 2. The second kappa shape index (κ2) is 10.5. The smallest absolute Gasteiger partial charge is 0.337 e. The molecule has 7 nitrogen and oxygen atoms in total. The van der Waals surface area contributed by atoms with Crippen molar-refractivity contribution >= 4 is 23.6 Å². The molecule has 1 fully saturated rings. The fourth-order valence-corrected chi connectivity index (χ4v) is 4.67. The van der Waals surface area contributed by atoms with Crippen LogP contribution >= 0.6 is 0 Å². The van der Waals surface area contributed by atoms with Gasteiger partial charge >= 0.3 is 5.97 Å². The van der Waals surface area contributed by atoms with Gasteiger partial charge in [-0.05, 0) is 68.3 Å². The van der Waals surface area contributed by atoms with E-state index in [1.54, 1.807) is 23.1 Å². The second-order valence-electron chi connectivity index (χ2n) is 8.94. The van der Waals surface area contributed by atoms with Crippen molar-refractivity contribution in [3.63, 3.8) is 0 Å². The van der Waals surface area contributed by atoms with Crippen LogP contribution in [0.2, 0.25) is 0 Å². The first-order chi connectivity index (χ1) is 17.3. The number of carbonyl (C=O) groups excluding carboxylic acids is 2. The van der Waals surface area contributed by atoms with Gasteiger partial charge in [0.2, 0.25) is 0 Å². The number of aryl methyl sites for hydroxylation is 2. The Labute approximate surface area is 211 Å². The van der Waals surface area contributed by atoms with Crippen LogP contribution in [0.15, 0.2) is 60.2 Å². The average Bonchev–Trinajstić information content (AvgIpc) is 3.19. The van der Waals surface area contributed by atoms with E-state index in [2.05, 4.69) is 23.1 Å². The van der Waals surface area contributed by atoms with E-state index < -0.39 is 5.97 Å². The van der Waals surface area contributed by atoms with Gasteiger partial charge in [0.15, 0.2) is 0 Å². The number of hydrogen-bond acceptors (Lipinski definition) is 5. The molecule has 0 N–H and O–H groups in total. The Morgan fingerprint density at radius 2 is 1.67 bits per heavy atom. The third-order valence-electron chi connectivity index (χ3n) is 6.68. The molecule has 1 amide bonds. The normalized spacial score (nSPS) is 13.9. The zero-order chi connectivity index (χ0) is 25.8. The molecule has 4 rings (SSSR count). The van der Waals surface area contributed by atoms with Crippen LogP contribution in [0.3, 0.4) is 0 Å². The number of aromatic nitrogens is 1. The molecule has 1 saturated heterocycles. The zero-order valence-corrected chi connectivity index (χ0v) is 21.1. The second-order valence-corrected chi connectivity index (χ2v) is 8.94. The molecule has 1 aliphatic rings. The molecule has 0 bridgehead atoms. The number of anilines is 1. The van der Waals surface area contributed by atoms with Gasteiger partial charge in [-0.2, -0.15) is 5.26 Å². The summed E-state index contributed by atoms with van der Waals surface area (Å²) in [4.78, 5) is 29.3. The summed E-state index contributed by atoms with van der Waals surface area (Å²) >= 11 is 0. The van der Waals surface area contributed by atoms with Crippen molar-refractivity contribution in [2.45, 2.75) is 20.8 Å². The van der Waals surface area contributed by atoms with E-state index in [1.807, 2.05) is 55.7 Å². The first-order valence-electron chi connectivity index (χ1n) is 11.9. The highest BCUT2D eigenvalue weighted by atomic mass is 16.5. The predicted octanol–water partition coefficient (Wildman–Crippen LogP) is 4.44. The molecule has 3 aromatic rings. The van der Waals surface area contributed by atoms with E-state index in [0.717, 1.165) is 47.0 Å². The number of amides is 1. The van der Waals surface area contributed by atoms with E-state index in [-0.39, 0.29) is 11.5 Å². The van der Waals surface area contributed by atoms with Crippen molar-refractivity contribution in [2.75, 3.05) is 38.2 Å². The lowest BCUT2D eigenvalue weighted by Crippen LogP contribution is -2.49. The Kier molecular flexibility index (Phi) is 7.25. The molecular formula is C29H30N4O3. The first kappa shape index (κ1) is 24.8. The van der Waals surface area contributed by atoms with Crippen LogP contribution in [0.5, 0.6) is 0 Å². The van der Waals surface area contributed by atoms with Gasteiger partial charge in [-0.1, -0.05) is 24.3 Å². The van der Waals surface area contributed by atoms with E-state index in [1.165, 1.54) is 7.11 Å².